The van der Waals surface area contributed by atoms with Crippen LogP contribution in [0.3, 0.4) is 0 Å². The van der Waals surface area contributed by atoms with Crippen LogP contribution in [0.2, 0.25) is 0 Å². The van der Waals surface area contributed by atoms with Crippen LogP contribution in [-0.2, 0) is 29.0 Å². The number of carboxylic acids is 1. The topological polar surface area (TPSA) is 52.7 Å². The van der Waals surface area contributed by atoms with Gasteiger partial charge in [0.1, 0.15) is 0 Å². The first-order valence-electron chi connectivity index (χ1n) is 2.81. The van der Waals surface area contributed by atoms with Crippen molar-refractivity contribution in [2.45, 2.75) is 19.4 Å². The van der Waals surface area contributed by atoms with E-state index in [1.54, 1.807) is 0 Å². The molecule has 3 nitrogen and oxygen atoms in total. The zero-order valence-corrected chi connectivity index (χ0v) is 9.10. The Bertz CT molecular complexity index is 91.0. The summed E-state index contributed by atoms with van der Waals surface area (Å²) >= 11 is 0. The van der Waals surface area contributed by atoms with Crippen molar-refractivity contribution < 1.29 is 34.1 Å². The number of rotatable bonds is 1. The van der Waals surface area contributed by atoms with E-state index in [1.807, 2.05) is 0 Å². The average Bonchev–Trinajstić information content (AvgIpc) is 2.53. The average molecular weight is 196 g/mol. The van der Waals surface area contributed by atoms with E-state index >= 15 is 0 Å². The number of hydrogen-bond acceptors (Lipinski definition) is 3. The number of ether oxygens (including phenoxy) is 1. The Balaban J connectivity index is 0. The van der Waals surface area contributed by atoms with Crippen LogP contribution in [0.5, 0.6) is 0 Å². The molecule has 0 radical (unpaired) electrons. The summed E-state index contributed by atoms with van der Waals surface area (Å²) in [7, 11) is 0. The second kappa shape index (κ2) is 7.16. The monoisotopic (exact) mass is 194 g/mol. The van der Waals surface area contributed by atoms with E-state index in [2.05, 4.69) is 11.7 Å². The summed E-state index contributed by atoms with van der Waals surface area (Å²) in [5, 5.41) is 9.26. The standard InChI is InChI=1S/C3H6O2.C3H5O.Zn/c1-2-3(4)5;1-3-2-4-3;/h2H2,1H3,(H,4,5);3H,1-2H2;/q;-1;+2/p-1. The number of aliphatic carboxylic acids is 1. The van der Waals surface area contributed by atoms with Crippen molar-refractivity contribution in [1.29, 1.82) is 0 Å². The largest absolute Gasteiger partial charge is 2.00 e. The molecule has 0 aromatic rings. The fraction of sp³-hybridized carbons (Fsp3) is 0.667. The van der Waals surface area contributed by atoms with E-state index < -0.39 is 5.97 Å². The minimum Gasteiger partial charge on any atom is -0.550 e. The smallest absolute Gasteiger partial charge is 0.550 e. The van der Waals surface area contributed by atoms with Gasteiger partial charge in [-0.3, -0.25) is 0 Å². The second-order valence-electron chi connectivity index (χ2n) is 1.68. The van der Waals surface area contributed by atoms with Crippen molar-refractivity contribution >= 4 is 5.97 Å². The van der Waals surface area contributed by atoms with E-state index in [0.717, 1.165) is 6.61 Å². The van der Waals surface area contributed by atoms with Gasteiger partial charge in [-0.25, -0.2) is 0 Å². The van der Waals surface area contributed by atoms with Gasteiger partial charge in [0.15, 0.2) is 0 Å². The van der Waals surface area contributed by atoms with Gasteiger partial charge in [-0.2, -0.15) is 0 Å². The first kappa shape index (κ1) is 12.7. The predicted molar refractivity (Wildman–Crippen MR) is 30.4 cm³/mol. The molecule has 0 amide bonds. The zero-order valence-electron chi connectivity index (χ0n) is 6.13. The van der Waals surface area contributed by atoms with E-state index in [-0.39, 0.29) is 25.9 Å². The van der Waals surface area contributed by atoms with Crippen LogP contribution < -0.4 is 5.11 Å². The molecule has 0 saturated carbocycles. The third-order valence-corrected chi connectivity index (χ3v) is 0.691. The molecule has 1 heterocycles. The normalized spacial score (nSPS) is 19.6. The summed E-state index contributed by atoms with van der Waals surface area (Å²) in [6, 6.07) is 0. The molecular formula is C6H10O3Zn. The van der Waals surface area contributed by atoms with Crippen LogP contribution in [0.4, 0.5) is 0 Å². The minimum atomic E-state index is -0.995. The van der Waals surface area contributed by atoms with E-state index in [9.17, 15) is 9.90 Å². The molecule has 0 bridgehead atoms. The van der Waals surface area contributed by atoms with Gasteiger partial charge in [0.05, 0.1) is 0 Å². The maximum atomic E-state index is 9.26. The van der Waals surface area contributed by atoms with Crippen LogP contribution in [0.25, 0.3) is 0 Å². The molecule has 4 heteroatoms. The van der Waals surface area contributed by atoms with Crippen LogP contribution in [0, 0.1) is 6.92 Å². The molecule has 1 unspecified atom stereocenters. The van der Waals surface area contributed by atoms with Gasteiger partial charge < -0.3 is 21.6 Å². The van der Waals surface area contributed by atoms with Crippen LogP contribution in [-0.4, -0.2) is 18.7 Å². The molecular weight excluding hydrogens is 185 g/mol. The molecule has 1 saturated heterocycles. The maximum Gasteiger partial charge on any atom is 2.00 e. The summed E-state index contributed by atoms with van der Waals surface area (Å²) in [5.74, 6) is -0.995. The Morgan fingerprint density at radius 3 is 2.10 bits per heavy atom. The molecule has 1 fully saturated rings. The van der Waals surface area contributed by atoms with E-state index in [0.29, 0.717) is 6.10 Å². The third kappa shape index (κ3) is 15.7. The Kier molecular flexibility index (Phi) is 9.10. The zero-order chi connectivity index (χ0) is 7.28. The number of carbonyl (C=O) groups excluding carboxylic acids is 1. The molecule has 0 aromatic carbocycles. The van der Waals surface area contributed by atoms with Gasteiger partial charge in [0.25, 0.3) is 0 Å². The first-order valence-corrected chi connectivity index (χ1v) is 2.81. The summed E-state index contributed by atoms with van der Waals surface area (Å²) in [5.41, 5.74) is 0. The van der Waals surface area contributed by atoms with Gasteiger partial charge in [0, 0.05) is 12.6 Å². The van der Waals surface area contributed by atoms with E-state index in [4.69, 9.17) is 0 Å². The molecule has 0 spiro atoms. The van der Waals surface area contributed by atoms with Crippen LogP contribution in [0.1, 0.15) is 13.3 Å². The van der Waals surface area contributed by atoms with Crippen molar-refractivity contribution in [3.05, 3.63) is 6.92 Å². The van der Waals surface area contributed by atoms with Gasteiger partial charge in [-0.1, -0.05) is 6.92 Å². The SMILES string of the molecule is CCC(=O)[O-].[CH2-]C1CO1.[Zn+2]. The quantitative estimate of drug-likeness (QED) is 0.318. The van der Waals surface area contributed by atoms with Crippen LogP contribution in [0.15, 0.2) is 0 Å². The maximum absolute atomic E-state index is 9.26. The molecule has 10 heavy (non-hydrogen) atoms. The van der Waals surface area contributed by atoms with Crippen molar-refractivity contribution in [2.24, 2.45) is 0 Å². The molecule has 1 rings (SSSR count). The van der Waals surface area contributed by atoms with Gasteiger partial charge in [-0.15, -0.1) is 0 Å². The number of epoxide rings is 1. The molecule has 1 atom stereocenters. The summed E-state index contributed by atoms with van der Waals surface area (Å²) < 4.78 is 4.60. The van der Waals surface area contributed by atoms with Crippen molar-refractivity contribution in [3.8, 4) is 0 Å². The fourth-order valence-electron chi connectivity index (χ4n) is 0.0680. The minimum absolute atomic E-state index is 0. The van der Waals surface area contributed by atoms with E-state index in [1.165, 1.54) is 6.92 Å². The molecule has 0 aliphatic carbocycles. The number of hydrogen-bond donors (Lipinski definition) is 0. The molecule has 1 aliphatic rings. The predicted octanol–water partition coefficient (Wildman–Crippen LogP) is -0.637. The number of carboxylic acid groups (broad SMARTS) is 1. The van der Waals surface area contributed by atoms with Crippen molar-refractivity contribution in [3.63, 3.8) is 0 Å². The Morgan fingerprint density at radius 2 is 2.10 bits per heavy atom. The fourth-order valence-corrected chi connectivity index (χ4v) is 0.0680. The van der Waals surface area contributed by atoms with Gasteiger partial charge >= 0.3 is 19.5 Å². The van der Waals surface area contributed by atoms with Gasteiger partial charge in [0.2, 0.25) is 0 Å². The van der Waals surface area contributed by atoms with Crippen molar-refractivity contribution in [2.75, 3.05) is 6.61 Å². The summed E-state index contributed by atoms with van der Waals surface area (Å²) in [6.45, 7) is 5.94. The molecule has 0 aromatic heterocycles. The van der Waals surface area contributed by atoms with Crippen LogP contribution >= 0.6 is 0 Å². The Morgan fingerprint density at radius 1 is 1.90 bits per heavy atom. The summed E-state index contributed by atoms with van der Waals surface area (Å²) in [4.78, 5) is 9.26. The van der Waals surface area contributed by atoms with Crippen molar-refractivity contribution in [1.82, 2.24) is 0 Å². The third-order valence-electron chi connectivity index (χ3n) is 0.691. The summed E-state index contributed by atoms with van der Waals surface area (Å²) in [6.07, 6.45) is 0.444. The second-order valence-corrected chi connectivity index (χ2v) is 1.68. The first-order chi connectivity index (χ1) is 4.16. The molecule has 0 N–H and O–H groups in total. The Hall–Kier alpha value is 0.0534. The van der Waals surface area contributed by atoms with Gasteiger partial charge in [-0.05, 0) is 12.5 Å². The molecule has 1 aliphatic heterocycles. The number of carbonyl (C=O) groups is 1. The Labute approximate surface area is 73.5 Å². The molecule has 54 valence electrons.